The van der Waals surface area contributed by atoms with Crippen LogP contribution in [0.4, 0.5) is 0 Å². The molecule has 0 aliphatic heterocycles. The van der Waals surface area contributed by atoms with Crippen molar-refractivity contribution in [2.45, 2.75) is 40.5 Å². The van der Waals surface area contributed by atoms with Crippen molar-refractivity contribution < 1.29 is 4.79 Å². The highest BCUT2D eigenvalue weighted by Gasteiger charge is 1.99. The maximum Gasteiger partial charge on any atom is 0.145 e. The van der Waals surface area contributed by atoms with Gasteiger partial charge in [0.25, 0.3) is 0 Å². The Morgan fingerprint density at radius 3 is 2.08 bits per heavy atom. The van der Waals surface area contributed by atoms with Crippen molar-refractivity contribution in [3.8, 4) is 0 Å². The largest absolute Gasteiger partial charge is 0.298 e. The van der Waals surface area contributed by atoms with Gasteiger partial charge in [0.05, 0.1) is 0 Å². The zero-order chi connectivity index (χ0) is 9.56. The van der Waals surface area contributed by atoms with Gasteiger partial charge in [0.1, 0.15) is 6.29 Å². The van der Waals surface area contributed by atoms with E-state index in [9.17, 15) is 4.79 Å². The van der Waals surface area contributed by atoms with E-state index in [1.807, 2.05) is 0 Å². The van der Waals surface area contributed by atoms with Gasteiger partial charge in [-0.15, -0.1) is 0 Å². The summed E-state index contributed by atoms with van der Waals surface area (Å²) in [5, 5.41) is 0. The molecule has 0 saturated heterocycles. The van der Waals surface area contributed by atoms with Crippen LogP contribution in [0.1, 0.15) is 40.5 Å². The van der Waals surface area contributed by atoms with Crippen LogP contribution in [0.5, 0.6) is 0 Å². The van der Waals surface area contributed by atoms with Gasteiger partial charge in [0, 0.05) is 0 Å². The van der Waals surface area contributed by atoms with Crippen LogP contribution in [0.2, 0.25) is 0 Å². The fourth-order valence-corrected chi connectivity index (χ4v) is 1.04. The molecule has 0 saturated carbocycles. The minimum Gasteiger partial charge on any atom is -0.298 e. The van der Waals surface area contributed by atoms with Crippen molar-refractivity contribution in [1.82, 2.24) is 0 Å². The molecule has 0 unspecified atom stereocenters. The van der Waals surface area contributed by atoms with E-state index in [4.69, 9.17) is 0 Å². The van der Waals surface area contributed by atoms with Gasteiger partial charge in [-0.2, -0.15) is 0 Å². The van der Waals surface area contributed by atoms with Crippen LogP contribution < -0.4 is 0 Å². The summed E-state index contributed by atoms with van der Waals surface area (Å²) in [6.07, 6.45) is 4.98. The molecule has 1 nitrogen and oxygen atoms in total. The van der Waals surface area contributed by atoms with Gasteiger partial charge in [-0.3, -0.25) is 4.79 Å². The Morgan fingerprint density at radius 2 is 1.75 bits per heavy atom. The van der Waals surface area contributed by atoms with Crippen LogP contribution in [-0.2, 0) is 4.79 Å². The monoisotopic (exact) mass is 168 g/mol. The van der Waals surface area contributed by atoms with E-state index in [0.29, 0.717) is 11.8 Å². The molecule has 70 valence electrons. The van der Waals surface area contributed by atoms with Crippen LogP contribution in [0.25, 0.3) is 0 Å². The summed E-state index contributed by atoms with van der Waals surface area (Å²) in [4.78, 5) is 10.6. The van der Waals surface area contributed by atoms with E-state index >= 15 is 0 Å². The van der Waals surface area contributed by atoms with Crippen LogP contribution in [0.15, 0.2) is 11.6 Å². The molecule has 0 bridgehead atoms. The molecule has 0 radical (unpaired) electrons. The highest BCUT2D eigenvalue weighted by molar-refractivity contribution is 5.72. The first-order valence-electron chi connectivity index (χ1n) is 4.70. The van der Waals surface area contributed by atoms with Gasteiger partial charge in [0.15, 0.2) is 0 Å². The summed E-state index contributed by atoms with van der Waals surface area (Å²) in [7, 11) is 0. The molecular weight excluding hydrogens is 148 g/mol. The van der Waals surface area contributed by atoms with Crippen molar-refractivity contribution in [2.24, 2.45) is 11.8 Å². The third-order valence-electron chi connectivity index (χ3n) is 1.65. The van der Waals surface area contributed by atoms with Crippen molar-refractivity contribution in [3.63, 3.8) is 0 Å². The van der Waals surface area contributed by atoms with Gasteiger partial charge in [-0.25, -0.2) is 0 Å². The molecule has 0 aromatic rings. The Bertz CT molecular complexity index is 154. The lowest BCUT2D eigenvalue weighted by molar-refractivity contribution is -0.105. The minimum absolute atomic E-state index is 0.577. The van der Waals surface area contributed by atoms with E-state index in [1.165, 1.54) is 0 Å². The highest BCUT2D eigenvalue weighted by Crippen LogP contribution is 2.11. The highest BCUT2D eigenvalue weighted by atomic mass is 16.1. The fourth-order valence-electron chi connectivity index (χ4n) is 1.04. The van der Waals surface area contributed by atoms with Crippen molar-refractivity contribution in [3.05, 3.63) is 11.6 Å². The normalized spacial score (nSPS) is 12.7. The zero-order valence-electron chi connectivity index (χ0n) is 8.63. The third-order valence-corrected chi connectivity index (χ3v) is 1.65. The lowest BCUT2D eigenvalue weighted by Gasteiger charge is -2.04. The number of aldehydes is 1. The third kappa shape index (κ3) is 6.14. The lowest BCUT2D eigenvalue weighted by Crippen LogP contribution is -1.94. The van der Waals surface area contributed by atoms with Crippen LogP contribution in [0, 0.1) is 11.8 Å². The fraction of sp³-hybridized carbons (Fsp3) is 0.727. The number of carbonyl (C=O) groups excluding carboxylic acids is 1. The predicted molar refractivity (Wildman–Crippen MR) is 53.1 cm³/mol. The maximum atomic E-state index is 10.6. The molecule has 0 aromatic carbocycles. The Balaban J connectivity index is 3.95. The molecule has 0 atom stereocenters. The Kier molecular flexibility index (Phi) is 5.69. The molecule has 0 amide bonds. The first-order chi connectivity index (χ1) is 5.56. The maximum absolute atomic E-state index is 10.6. The number of hydrogen-bond donors (Lipinski definition) is 0. The molecule has 0 aliphatic carbocycles. The van der Waals surface area contributed by atoms with Crippen LogP contribution in [-0.4, -0.2) is 6.29 Å². The van der Waals surface area contributed by atoms with Gasteiger partial charge in [0.2, 0.25) is 0 Å². The summed E-state index contributed by atoms with van der Waals surface area (Å²) in [6.45, 7) is 8.59. The first kappa shape index (κ1) is 11.4. The summed E-state index contributed by atoms with van der Waals surface area (Å²) in [6, 6.07) is 0. The van der Waals surface area contributed by atoms with E-state index in [0.717, 1.165) is 24.7 Å². The summed E-state index contributed by atoms with van der Waals surface area (Å²) < 4.78 is 0. The molecule has 0 N–H and O–H groups in total. The van der Waals surface area contributed by atoms with E-state index in [1.54, 1.807) is 0 Å². The summed E-state index contributed by atoms with van der Waals surface area (Å²) in [5.74, 6) is 1.22. The van der Waals surface area contributed by atoms with Crippen LogP contribution in [0.3, 0.4) is 0 Å². The summed E-state index contributed by atoms with van der Waals surface area (Å²) >= 11 is 0. The lowest BCUT2D eigenvalue weighted by atomic mass is 10.0. The zero-order valence-corrected chi connectivity index (χ0v) is 8.63. The number of rotatable bonds is 5. The van der Waals surface area contributed by atoms with Gasteiger partial charge in [-0.1, -0.05) is 33.8 Å². The number of hydrogen-bond acceptors (Lipinski definition) is 1. The van der Waals surface area contributed by atoms with Crippen molar-refractivity contribution in [1.29, 1.82) is 0 Å². The minimum atomic E-state index is 0.577. The topological polar surface area (TPSA) is 17.1 Å². The number of allylic oxidation sites excluding steroid dienone is 2. The second-order valence-electron chi connectivity index (χ2n) is 4.12. The molecule has 0 heterocycles. The average Bonchev–Trinajstić information content (AvgIpc) is 1.97. The molecule has 1 heteroatoms. The summed E-state index contributed by atoms with van der Waals surface area (Å²) in [5.41, 5.74) is 0.957. The molecular formula is C11H20O. The molecule has 0 spiro atoms. The molecule has 12 heavy (non-hydrogen) atoms. The molecule has 0 rings (SSSR count). The van der Waals surface area contributed by atoms with Crippen molar-refractivity contribution in [2.75, 3.05) is 0 Å². The SMILES string of the molecule is CC(C)C/C=C(\C=O)CC(C)C. The second kappa shape index (κ2) is 5.99. The Labute approximate surface area is 75.9 Å². The van der Waals surface area contributed by atoms with E-state index < -0.39 is 0 Å². The van der Waals surface area contributed by atoms with Crippen molar-refractivity contribution >= 4 is 6.29 Å². The number of carbonyl (C=O) groups is 1. The molecule has 0 aromatic heterocycles. The molecule has 0 fully saturated rings. The van der Waals surface area contributed by atoms with Gasteiger partial charge < -0.3 is 0 Å². The van der Waals surface area contributed by atoms with Crippen LogP contribution >= 0.6 is 0 Å². The Morgan fingerprint density at radius 1 is 1.17 bits per heavy atom. The molecule has 0 aliphatic rings. The van der Waals surface area contributed by atoms with E-state index in [-0.39, 0.29) is 0 Å². The first-order valence-corrected chi connectivity index (χ1v) is 4.70. The smallest absolute Gasteiger partial charge is 0.145 e. The van der Waals surface area contributed by atoms with Gasteiger partial charge >= 0.3 is 0 Å². The quantitative estimate of drug-likeness (QED) is 0.455. The second-order valence-corrected chi connectivity index (χ2v) is 4.12. The van der Waals surface area contributed by atoms with Gasteiger partial charge in [-0.05, 0) is 30.3 Å². The Hall–Kier alpha value is -0.590. The van der Waals surface area contributed by atoms with E-state index in [2.05, 4.69) is 33.8 Å². The predicted octanol–water partition coefficient (Wildman–Crippen LogP) is 3.20. The standard InChI is InChI=1S/C11H20O/c1-9(2)5-6-11(8-12)7-10(3)4/h6,8-10H,5,7H2,1-4H3/b11-6-. The average molecular weight is 168 g/mol.